The molecule has 10 heavy (non-hydrogen) atoms. The summed E-state index contributed by atoms with van der Waals surface area (Å²) >= 11 is 0. The zero-order chi connectivity index (χ0) is 7.56. The molecule has 0 aromatic rings. The second kappa shape index (κ2) is 2.86. The van der Waals surface area contributed by atoms with Gasteiger partial charge in [-0.1, -0.05) is 19.9 Å². The molecule has 0 N–H and O–H groups in total. The smallest absolute Gasteiger partial charge is 0.330 e. The minimum Gasteiger partial charge on any atom is -0.462 e. The van der Waals surface area contributed by atoms with E-state index in [0.717, 1.165) is 0 Å². The molecule has 56 valence electrons. The van der Waals surface area contributed by atoms with Crippen LogP contribution in [0.3, 0.4) is 0 Å². The molecule has 0 radical (unpaired) electrons. The number of ether oxygens (including phenoxy) is 1. The monoisotopic (exact) mass is 140 g/mol. The molecule has 0 aliphatic carbocycles. The van der Waals surface area contributed by atoms with Crippen molar-refractivity contribution in [3.8, 4) is 0 Å². The second-order valence-electron chi connectivity index (χ2n) is 2.90. The van der Waals surface area contributed by atoms with Crippen molar-refractivity contribution in [3.05, 3.63) is 12.2 Å². The Kier molecular flexibility index (Phi) is 2.10. The third kappa shape index (κ3) is 1.59. The lowest BCUT2D eigenvalue weighted by Gasteiger charge is -2.19. The highest BCUT2D eigenvalue weighted by molar-refractivity contribution is 5.82. The summed E-state index contributed by atoms with van der Waals surface area (Å²) in [6.07, 6.45) is 3.44. The summed E-state index contributed by atoms with van der Waals surface area (Å²) in [5.74, 6) is 0.763. The average Bonchev–Trinajstić information content (AvgIpc) is 1.88. The van der Waals surface area contributed by atoms with Gasteiger partial charge in [0.05, 0.1) is 6.61 Å². The molecular formula is C8H12O2. The van der Waals surface area contributed by atoms with E-state index in [2.05, 4.69) is 13.8 Å². The minimum atomic E-state index is -0.211. The number of esters is 1. The van der Waals surface area contributed by atoms with Gasteiger partial charge in [0.2, 0.25) is 0 Å². The molecule has 0 saturated heterocycles. The Labute approximate surface area is 60.9 Å². The molecule has 0 unspecified atom stereocenters. The zero-order valence-corrected chi connectivity index (χ0v) is 6.33. The first-order chi connectivity index (χ1) is 4.70. The number of rotatable bonds is 1. The van der Waals surface area contributed by atoms with E-state index in [9.17, 15) is 4.79 Å². The maximum Gasteiger partial charge on any atom is 0.330 e. The Morgan fingerprint density at radius 3 is 2.80 bits per heavy atom. The van der Waals surface area contributed by atoms with Gasteiger partial charge >= 0.3 is 5.97 Å². The molecular weight excluding hydrogens is 128 g/mol. The standard InChI is InChI=1S/C8H12O2/c1-6(2)7-3-4-8(9)10-5-7/h3-4,6-7H,5H2,1-2H3/t7-/m1/s1. The lowest BCUT2D eigenvalue weighted by atomic mass is 9.95. The van der Waals surface area contributed by atoms with E-state index < -0.39 is 0 Å². The molecule has 1 rings (SSSR count). The van der Waals surface area contributed by atoms with Crippen LogP contribution in [0.1, 0.15) is 13.8 Å². The summed E-state index contributed by atoms with van der Waals surface area (Å²) in [5.41, 5.74) is 0. The van der Waals surface area contributed by atoms with Crippen molar-refractivity contribution in [1.29, 1.82) is 0 Å². The number of cyclic esters (lactones) is 1. The van der Waals surface area contributed by atoms with Gasteiger partial charge in [-0.15, -0.1) is 0 Å². The first kappa shape index (κ1) is 7.32. The van der Waals surface area contributed by atoms with Crippen LogP contribution in [-0.4, -0.2) is 12.6 Å². The molecule has 2 heteroatoms. The molecule has 1 heterocycles. The van der Waals surface area contributed by atoms with Gasteiger partial charge in [0.25, 0.3) is 0 Å². The lowest BCUT2D eigenvalue weighted by molar-refractivity contribution is -0.140. The van der Waals surface area contributed by atoms with Crippen LogP contribution in [0.25, 0.3) is 0 Å². The molecule has 0 bridgehead atoms. The maximum absolute atomic E-state index is 10.5. The van der Waals surface area contributed by atoms with Crippen molar-refractivity contribution >= 4 is 5.97 Å². The highest BCUT2D eigenvalue weighted by atomic mass is 16.5. The minimum absolute atomic E-state index is 0.211. The number of hydrogen-bond donors (Lipinski definition) is 0. The average molecular weight is 140 g/mol. The van der Waals surface area contributed by atoms with Gasteiger partial charge in [0, 0.05) is 12.0 Å². The van der Waals surface area contributed by atoms with Crippen molar-refractivity contribution in [1.82, 2.24) is 0 Å². The van der Waals surface area contributed by atoms with Crippen molar-refractivity contribution in [3.63, 3.8) is 0 Å². The third-order valence-electron chi connectivity index (χ3n) is 1.75. The normalized spacial score (nSPS) is 25.1. The van der Waals surface area contributed by atoms with E-state index in [1.54, 1.807) is 0 Å². The zero-order valence-electron chi connectivity index (χ0n) is 6.33. The van der Waals surface area contributed by atoms with Crippen LogP contribution < -0.4 is 0 Å². The summed E-state index contributed by atoms with van der Waals surface area (Å²) in [7, 11) is 0. The van der Waals surface area contributed by atoms with Gasteiger partial charge in [-0.05, 0) is 5.92 Å². The first-order valence-corrected chi connectivity index (χ1v) is 3.55. The third-order valence-corrected chi connectivity index (χ3v) is 1.75. The van der Waals surface area contributed by atoms with Crippen LogP contribution in [0, 0.1) is 11.8 Å². The first-order valence-electron chi connectivity index (χ1n) is 3.55. The Morgan fingerprint density at radius 2 is 2.40 bits per heavy atom. The lowest BCUT2D eigenvalue weighted by Crippen LogP contribution is -2.20. The predicted molar refractivity (Wildman–Crippen MR) is 38.4 cm³/mol. The van der Waals surface area contributed by atoms with Crippen molar-refractivity contribution < 1.29 is 9.53 Å². The molecule has 0 fully saturated rings. The fraction of sp³-hybridized carbons (Fsp3) is 0.625. The van der Waals surface area contributed by atoms with Crippen LogP contribution in [0.5, 0.6) is 0 Å². The van der Waals surface area contributed by atoms with Crippen LogP contribution in [0.15, 0.2) is 12.2 Å². The second-order valence-corrected chi connectivity index (χ2v) is 2.90. The Bertz CT molecular complexity index is 159. The predicted octanol–water partition coefficient (Wildman–Crippen LogP) is 1.37. The molecule has 1 aliphatic heterocycles. The molecule has 0 saturated carbocycles. The fourth-order valence-electron chi connectivity index (χ4n) is 0.899. The van der Waals surface area contributed by atoms with E-state index in [0.29, 0.717) is 18.4 Å². The quantitative estimate of drug-likeness (QED) is 0.514. The molecule has 1 aliphatic rings. The molecule has 0 amide bonds. The Balaban J connectivity index is 2.53. The summed E-state index contributed by atoms with van der Waals surface area (Å²) in [6.45, 7) is 4.79. The topological polar surface area (TPSA) is 26.3 Å². The number of hydrogen-bond acceptors (Lipinski definition) is 2. The number of carbonyl (C=O) groups excluding carboxylic acids is 1. The van der Waals surface area contributed by atoms with E-state index in [-0.39, 0.29) is 5.97 Å². The summed E-state index contributed by atoms with van der Waals surface area (Å²) in [6, 6.07) is 0. The van der Waals surface area contributed by atoms with Gasteiger partial charge in [-0.2, -0.15) is 0 Å². The Hall–Kier alpha value is -0.790. The summed E-state index contributed by atoms with van der Waals surface area (Å²) in [4.78, 5) is 10.5. The van der Waals surface area contributed by atoms with E-state index >= 15 is 0 Å². The largest absolute Gasteiger partial charge is 0.462 e. The van der Waals surface area contributed by atoms with Crippen LogP contribution in [0.2, 0.25) is 0 Å². The maximum atomic E-state index is 10.5. The van der Waals surface area contributed by atoms with Crippen LogP contribution in [-0.2, 0) is 9.53 Å². The van der Waals surface area contributed by atoms with Gasteiger partial charge < -0.3 is 4.74 Å². The van der Waals surface area contributed by atoms with Crippen molar-refractivity contribution in [2.24, 2.45) is 11.8 Å². The van der Waals surface area contributed by atoms with Gasteiger partial charge in [-0.25, -0.2) is 4.79 Å². The summed E-state index contributed by atoms with van der Waals surface area (Å²) in [5, 5.41) is 0. The van der Waals surface area contributed by atoms with E-state index in [1.807, 2.05) is 6.08 Å². The van der Waals surface area contributed by atoms with Crippen molar-refractivity contribution in [2.75, 3.05) is 6.61 Å². The van der Waals surface area contributed by atoms with Crippen LogP contribution >= 0.6 is 0 Å². The molecule has 0 spiro atoms. The van der Waals surface area contributed by atoms with Gasteiger partial charge in [0.15, 0.2) is 0 Å². The fourth-order valence-corrected chi connectivity index (χ4v) is 0.899. The Morgan fingerprint density at radius 1 is 1.70 bits per heavy atom. The SMILES string of the molecule is CC(C)[C@@H]1C=CC(=O)OC1. The van der Waals surface area contributed by atoms with Crippen LogP contribution in [0.4, 0.5) is 0 Å². The molecule has 1 atom stereocenters. The van der Waals surface area contributed by atoms with Gasteiger partial charge in [-0.3, -0.25) is 0 Å². The molecule has 0 aromatic heterocycles. The molecule has 2 nitrogen and oxygen atoms in total. The molecule has 0 aromatic carbocycles. The van der Waals surface area contributed by atoms with E-state index in [1.165, 1.54) is 6.08 Å². The van der Waals surface area contributed by atoms with Crippen molar-refractivity contribution in [2.45, 2.75) is 13.8 Å². The number of carbonyl (C=O) groups is 1. The summed E-state index contributed by atoms with van der Waals surface area (Å²) < 4.78 is 4.83. The highest BCUT2D eigenvalue weighted by Gasteiger charge is 2.16. The van der Waals surface area contributed by atoms with E-state index in [4.69, 9.17) is 4.74 Å². The van der Waals surface area contributed by atoms with Gasteiger partial charge in [0.1, 0.15) is 0 Å². The highest BCUT2D eigenvalue weighted by Crippen LogP contribution is 2.15.